The molecule has 100 valence electrons. The van der Waals surface area contributed by atoms with Crippen molar-refractivity contribution in [1.82, 2.24) is 9.62 Å². The molecule has 17 heavy (non-hydrogen) atoms. The number of hydrogen-bond acceptors (Lipinski definition) is 4. The second-order valence-corrected chi connectivity index (χ2v) is 7.31. The van der Waals surface area contributed by atoms with E-state index in [1.807, 2.05) is 6.92 Å². The molecule has 0 bridgehead atoms. The summed E-state index contributed by atoms with van der Waals surface area (Å²) in [7, 11) is -3.25. The van der Waals surface area contributed by atoms with Crippen LogP contribution in [0.25, 0.3) is 0 Å². The van der Waals surface area contributed by atoms with Crippen LogP contribution in [0.2, 0.25) is 0 Å². The molecular formula is C11H22N2O3S. The van der Waals surface area contributed by atoms with E-state index in [2.05, 4.69) is 5.32 Å². The molecule has 5 nitrogen and oxygen atoms in total. The zero-order valence-electron chi connectivity index (χ0n) is 10.3. The summed E-state index contributed by atoms with van der Waals surface area (Å²) in [6, 6.07) is -0.220. The Labute approximate surface area is 103 Å². The molecule has 2 N–H and O–H groups in total. The minimum absolute atomic E-state index is 0.0689. The number of sulfonamides is 1. The van der Waals surface area contributed by atoms with Crippen LogP contribution in [-0.2, 0) is 10.0 Å². The number of nitrogens with one attached hydrogen (secondary N) is 1. The molecule has 2 fully saturated rings. The topological polar surface area (TPSA) is 69.6 Å². The Balaban J connectivity index is 2.14. The van der Waals surface area contributed by atoms with Crippen LogP contribution in [0.5, 0.6) is 0 Å². The molecule has 0 aliphatic carbocycles. The summed E-state index contributed by atoms with van der Waals surface area (Å²) in [5.41, 5.74) is 0. The maximum absolute atomic E-state index is 12.5. The van der Waals surface area contributed by atoms with E-state index in [0.29, 0.717) is 13.1 Å². The molecule has 0 radical (unpaired) electrons. The maximum atomic E-state index is 12.5. The number of rotatable bonds is 3. The molecule has 0 spiro atoms. The van der Waals surface area contributed by atoms with Crippen molar-refractivity contribution in [3.63, 3.8) is 0 Å². The Morgan fingerprint density at radius 2 is 2.18 bits per heavy atom. The van der Waals surface area contributed by atoms with E-state index in [-0.39, 0.29) is 23.8 Å². The highest BCUT2D eigenvalue weighted by Crippen LogP contribution is 2.29. The first-order valence-corrected chi connectivity index (χ1v) is 7.90. The lowest BCUT2D eigenvalue weighted by Gasteiger charge is -2.31. The van der Waals surface area contributed by atoms with Gasteiger partial charge in [-0.3, -0.25) is 0 Å². The zero-order chi connectivity index (χ0) is 12.5. The third kappa shape index (κ3) is 2.50. The van der Waals surface area contributed by atoms with E-state index >= 15 is 0 Å². The smallest absolute Gasteiger partial charge is 0.218 e. The molecule has 0 aromatic rings. The summed E-state index contributed by atoms with van der Waals surface area (Å²) < 4.78 is 26.5. The van der Waals surface area contributed by atoms with Gasteiger partial charge < -0.3 is 10.4 Å². The van der Waals surface area contributed by atoms with Crippen molar-refractivity contribution in [1.29, 1.82) is 0 Å². The Hall–Kier alpha value is -0.170. The SMILES string of the molecule is CC1CCN(S(=O)(=O)C2CCCNC2)C1CO. The molecule has 3 atom stereocenters. The molecule has 2 rings (SSSR count). The Morgan fingerprint density at radius 1 is 1.41 bits per heavy atom. The fraction of sp³-hybridized carbons (Fsp3) is 1.00. The van der Waals surface area contributed by atoms with Crippen molar-refractivity contribution in [3.05, 3.63) is 0 Å². The first-order chi connectivity index (χ1) is 8.07. The van der Waals surface area contributed by atoms with Crippen LogP contribution in [0.15, 0.2) is 0 Å². The second-order valence-electron chi connectivity index (χ2n) is 5.14. The second kappa shape index (κ2) is 5.22. The lowest BCUT2D eigenvalue weighted by molar-refractivity contribution is 0.189. The van der Waals surface area contributed by atoms with Gasteiger partial charge in [0, 0.05) is 13.1 Å². The van der Waals surface area contributed by atoms with Gasteiger partial charge in [-0.15, -0.1) is 0 Å². The third-order valence-electron chi connectivity index (χ3n) is 4.02. The van der Waals surface area contributed by atoms with Crippen molar-refractivity contribution >= 4 is 10.0 Å². The summed E-state index contributed by atoms with van der Waals surface area (Å²) in [6.07, 6.45) is 2.50. The highest BCUT2D eigenvalue weighted by Gasteiger charge is 2.42. The van der Waals surface area contributed by atoms with E-state index < -0.39 is 10.0 Å². The molecule has 0 aromatic heterocycles. The van der Waals surface area contributed by atoms with Crippen molar-refractivity contribution in [2.75, 3.05) is 26.2 Å². The van der Waals surface area contributed by atoms with Gasteiger partial charge in [0.05, 0.1) is 17.9 Å². The van der Waals surface area contributed by atoms with E-state index in [1.165, 1.54) is 4.31 Å². The van der Waals surface area contributed by atoms with Gasteiger partial charge in [0.15, 0.2) is 0 Å². The fourth-order valence-corrected chi connectivity index (χ4v) is 5.01. The molecule has 0 amide bonds. The number of hydrogen-bond donors (Lipinski definition) is 2. The normalized spacial score (nSPS) is 36.2. The predicted octanol–water partition coefficient (Wildman–Crippen LogP) is -0.229. The highest BCUT2D eigenvalue weighted by molar-refractivity contribution is 7.89. The van der Waals surface area contributed by atoms with Crippen LogP contribution in [0.1, 0.15) is 26.2 Å². The molecule has 6 heteroatoms. The molecule has 0 saturated carbocycles. The van der Waals surface area contributed by atoms with Gasteiger partial charge in [0.1, 0.15) is 0 Å². The van der Waals surface area contributed by atoms with Crippen molar-refractivity contribution in [3.8, 4) is 0 Å². The van der Waals surface area contributed by atoms with Gasteiger partial charge in [-0.1, -0.05) is 6.92 Å². The number of aliphatic hydroxyl groups is 1. The summed E-state index contributed by atoms with van der Waals surface area (Å²) in [6.45, 7) is 3.96. The van der Waals surface area contributed by atoms with Crippen LogP contribution in [0.4, 0.5) is 0 Å². The van der Waals surface area contributed by atoms with Crippen molar-refractivity contribution < 1.29 is 13.5 Å². The summed E-state index contributed by atoms with van der Waals surface area (Å²) in [5.74, 6) is 0.256. The predicted molar refractivity (Wildman–Crippen MR) is 66.2 cm³/mol. The minimum atomic E-state index is -3.25. The largest absolute Gasteiger partial charge is 0.395 e. The van der Waals surface area contributed by atoms with E-state index in [4.69, 9.17) is 0 Å². The summed E-state index contributed by atoms with van der Waals surface area (Å²) in [5, 5.41) is 12.2. The summed E-state index contributed by atoms with van der Waals surface area (Å²) in [4.78, 5) is 0. The van der Waals surface area contributed by atoms with E-state index in [9.17, 15) is 13.5 Å². The van der Waals surface area contributed by atoms with Gasteiger partial charge in [-0.2, -0.15) is 4.31 Å². The lowest BCUT2D eigenvalue weighted by Crippen LogP contribution is -2.49. The number of aliphatic hydroxyl groups excluding tert-OH is 1. The summed E-state index contributed by atoms with van der Waals surface area (Å²) >= 11 is 0. The Morgan fingerprint density at radius 3 is 2.76 bits per heavy atom. The average Bonchev–Trinajstić information content (AvgIpc) is 2.72. The van der Waals surface area contributed by atoms with E-state index in [1.54, 1.807) is 0 Å². The van der Waals surface area contributed by atoms with Gasteiger partial charge >= 0.3 is 0 Å². The van der Waals surface area contributed by atoms with Gasteiger partial charge in [-0.05, 0) is 31.7 Å². The quantitative estimate of drug-likeness (QED) is 0.737. The fourth-order valence-electron chi connectivity index (χ4n) is 2.83. The lowest BCUT2D eigenvalue weighted by atomic mass is 10.0. The van der Waals surface area contributed by atoms with Crippen LogP contribution in [-0.4, -0.2) is 55.4 Å². The van der Waals surface area contributed by atoms with Crippen LogP contribution in [0.3, 0.4) is 0 Å². The molecule has 2 aliphatic rings. The van der Waals surface area contributed by atoms with Gasteiger partial charge in [-0.25, -0.2) is 8.42 Å². The molecule has 2 heterocycles. The average molecular weight is 262 g/mol. The van der Waals surface area contributed by atoms with E-state index in [0.717, 1.165) is 25.8 Å². The first kappa shape index (κ1) is 13.3. The molecule has 2 aliphatic heterocycles. The van der Waals surface area contributed by atoms with Gasteiger partial charge in [0.25, 0.3) is 0 Å². The Bertz CT molecular complexity index is 352. The zero-order valence-corrected chi connectivity index (χ0v) is 11.1. The minimum Gasteiger partial charge on any atom is -0.395 e. The molecule has 3 unspecified atom stereocenters. The highest BCUT2D eigenvalue weighted by atomic mass is 32.2. The van der Waals surface area contributed by atoms with Gasteiger partial charge in [0.2, 0.25) is 10.0 Å². The van der Waals surface area contributed by atoms with Crippen molar-refractivity contribution in [2.24, 2.45) is 5.92 Å². The standard InChI is InChI=1S/C11H22N2O3S/c1-9-4-6-13(11(9)8-14)17(15,16)10-3-2-5-12-7-10/h9-12,14H,2-8H2,1H3. The maximum Gasteiger partial charge on any atom is 0.218 e. The van der Waals surface area contributed by atoms with Crippen LogP contribution in [0, 0.1) is 5.92 Å². The molecule has 0 aromatic carbocycles. The van der Waals surface area contributed by atoms with Crippen molar-refractivity contribution in [2.45, 2.75) is 37.5 Å². The van der Waals surface area contributed by atoms with Crippen LogP contribution >= 0.6 is 0 Å². The first-order valence-electron chi connectivity index (χ1n) is 6.39. The molecular weight excluding hydrogens is 240 g/mol. The van der Waals surface area contributed by atoms with Crippen LogP contribution < -0.4 is 5.32 Å². The Kier molecular flexibility index (Phi) is 4.07. The number of piperidine rings is 1. The monoisotopic (exact) mass is 262 g/mol. The third-order valence-corrected chi connectivity index (χ3v) is 6.37. The number of nitrogens with zero attached hydrogens (tertiary/aromatic N) is 1. The molecule has 2 saturated heterocycles.